The molecule has 0 saturated carbocycles. The summed E-state index contributed by atoms with van der Waals surface area (Å²) in [6, 6.07) is 14.5. The highest BCUT2D eigenvalue weighted by Crippen LogP contribution is 2.40. The van der Waals surface area contributed by atoms with Crippen LogP contribution in [0.5, 0.6) is 0 Å². The fourth-order valence-electron chi connectivity index (χ4n) is 3.19. The minimum atomic E-state index is -0.235. The molecule has 1 heterocycles. The van der Waals surface area contributed by atoms with Crippen molar-refractivity contribution in [3.05, 3.63) is 70.5 Å². The van der Waals surface area contributed by atoms with Gasteiger partial charge in [-0.05, 0) is 26.0 Å². The molecule has 3 nitrogen and oxygen atoms in total. The fraction of sp³-hybridized carbons (Fsp3) is 0.381. The molecule has 1 aliphatic heterocycles. The monoisotopic (exact) mass is 406 g/mol. The van der Waals surface area contributed by atoms with Gasteiger partial charge in [-0.2, -0.15) is 0 Å². The Hall–Kier alpha value is -1.56. The molecule has 6 heteroatoms. The van der Waals surface area contributed by atoms with Crippen molar-refractivity contribution in [1.82, 2.24) is 9.80 Å². The van der Waals surface area contributed by atoms with E-state index in [1.165, 1.54) is 6.07 Å². The van der Waals surface area contributed by atoms with Gasteiger partial charge in [-0.25, -0.2) is 4.39 Å². The maximum absolute atomic E-state index is 14.0. The van der Waals surface area contributed by atoms with Crippen molar-refractivity contribution in [2.45, 2.75) is 31.8 Å². The van der Waals surface area contributed by atoms with E-state index in [4.69, 9.17) is 11.6 Å². The molecular weight excluding hydrogens is 383 g/mol. The van der Waals surface area contributed by atoms with Crippen LogP contribution in [0.1, 0.15) is 30.3 Å². The van der Waals surface area contributed by atoms with Crippen LogP contribution in [0.4, 0.5) is 4.39 Å². The first-order valence-electron chi connectivity index (χ1n) is 9.10. The lowest BCUT2D eigenvalue weighted by atomic mass is 10.1. The van der Waals surface area contributed by atoms with Crippen LogP contribution in [0.25, 0.3) is 0 Å². The molecule has 1 fully saturated rings. The molecule has 2 aromatic carbocycles. The number of carbonyl (C=O) groups excluding carboxylic acids is 1. The molecular formula is C21H24ClFN2OS. The predicted octanol–water partition coefficient (Wildman–Crippen LogP) is 4.96. The van der Waals surface area contributed by atoms with Crippen LogP contribution >= 0.6 is 23.4 Å². The summed E-state index contributed by atoms with van der Waals surface area (Å²) in [5, 5.41) is 0.621. The van der Waals surface area contributed by atoms with Crippen molar-refractivity contribution in [2.24, 2.45) is 0 Å². The van der Waals surface area contributed by atoms with Crippen LogP contribution in [-0.4, -0.2) is 40.6 Å². The van der Waals surface area contributed by atoms with Crippen LogP contribution in [0, 0.1) is 5.82 Å². The maximum Gasteiger partial charge on any atom is 0.237 e. The van der Waals surface area contributed by atoms with Gasteiger partial charge >= 0.3 is 0 Å². The summed E-state index contributed by atoms with van der Waals surface area (Å²) < 4.78 is 14.0. The van der Waals surface area contributed by atoms with E-state index in [2.05, 4.69) is 0 Å². The number of benzene rings is 2. The Morgan fingerprint density at radius 2 is 1.96 bits per heavy atom. The average Bonchev–Trinajstić information content (AvgIpc) is 3.12. The lowest BCUT2D eigenvalue weighted by Crippen LogP contribution is -2.42. The molecule has 1 aliphatic rings. The van der Waals surface area contributed by atoms with E-state index in [1.807, 2.05) is 54.0 Å². The third-order valence-corrected chi connectivity index (χ3v) is 6.37. The second-order valence-electron chi connectivity index (χ2n) is 6.92. The first-order chi connectivity index (χ1) is 13.0. The number of hydrogen-bond donors (Lipinski definition) is 0. The first-order valence-corrected chi connectivity index (χ1v) is 10.5. The van der Waals surface area contributed by atoms with Gasteiger partial charge in [-0.15, -0.1) is 11.8 Å². The lowest BCUT2D eigenvalue weighted by molar-refractivity contribution is -0.133. The number of halogens is 2. The standard InChI is InChI=1S/C21H24ClFN2OS/c1-15(2)24(13-16-7-3-6-10-19(16)23)14-20(26)25-11-12-27-21(25)17-8-4-5-9-18(17)22/h3-10,15,21H,11-14H2,1-2H3. The van der Waals surface area contributed by atoms with Gasteiger partial charge in [0, 0.05) is 41.0 Å². The number of hydrogen-bond acceptors (Lipinski definition) is 3. The lowest BCUT2D eigenvalue weighted by Gasteiger charge is -2.30. The molecule has 0 spiro atoms. The minimum Gasteiger partial charge on any atom is -0.325 e. The van der Waals surface area contributed by atoms with Gasteiger partial charge in [0.25, 0.3) is 0 Å². The topological polar surface area (TPSA) is 23.6 Å². The van der Waals surface area contributed by atoms with Crippen molar-refractivity contribution in [1.29, 1.82) is 0 Å². The Morgan fingerprint density at radius 3 is 2.67 bits per heavy atom. The van der Waals surface area contributed by atoms with Gasteiger partial charge in [0.2, 0.25) is 5.91 Å². The number of carbonyl (C=O) groups is 1. The highest BCUT2D eigenvalue weighted by molar-refractivity contribution is 7.99. The van der Waals surface area contributed by atoms with Crippen molar-refractivity contribution in [3.8, 4) is 0 Å². The smallest absolute Gasteiger partial charge is 0.237 e. The molecule has 1 saturated heterocycles. The van der Waals surface area contributed by atoms with E-state index >= 15 is 0 Å². The van der Waals surface area contributed by atoms with Crippen LogP contribution < -0.4 is 0 Å². The van der Waals surface area contributed by atoms with E-state index < -0.39 is 0 Å². The van der Waals surface area contributed by atoms with Gasteiger partial charge in [0.15, 0.2) is 0 Å². The summed E-state index contributed by atoms with van der Waals surface area (Å²) in [6.07, 6.45) is 0. The van der Waals surface area contributed by atoms with Gasteiger partial charge in [-0.3, -0.25) is 9.69 Å². The van der Waals surface area contributed by atoms with E-state index in [9.17, 15) is 9.18 Å². The van der Waals surface area contributed by atoms with Crippen molar-refractivity contribution < 1.29 is 9.18 Å². The van der Waals surface area contributed by atoms with E-state index in [-0.39, 0.29) is 29.7 Å². The summed E-state index contributed by atoms with van der Waals surface area (Å²) in [4.78, 5) is 17.0. The zero-order valence-electron chi connectivity index (χ0n) is 15.6. The third-order valence-electron chi connectivity index (χ3n) is 4.78. The van der Waals surface area contributed by atoms with Crippen LogP contribution in [0.15, 0.2) is 48.5 Å². The SMILES string of the molecule is CC(C)N(CC(=O)N1CCSC1c1ccccc1Cl)Cc1ccccc1F. The van der Waals surface area contributed by atoms with Gasteiger partial charge < -0.3 is 4.90 Å². The third kappa shape index (κ3) is 4.84. The number of thioether (sulfide) groups is 1. The van der Waals surface area contributed by atoms with Gasteiger partial charge in [-0.1, -0.05) is 48.0 Å². The van der Waals surface area contributed by atoms with Crippen molar-refractivity contribution in [3.63, 3.8) is 0 Å². The molecule has 2 aromatic rings. The van der Waals surface area contributed by atoms with Crippen LogP contribution in [0.2, 0.25) is 5.02 Å². The number of amides is 1. The number of rotatable bonds is 6. The summed E-state index contributed by atoms with van der Waals surface area (Å²) in [5.41, 5.74) is 1.58. The molecule has 0 aromatic heterocycles. The van der Waals surface area contributed by atoms with E-state index in [0.29, 0.717) is 23.7 Å². The fourth-order valence-corrected chi connectivity index (χ4v) is 4.81. The molecule has 1 unspecified atom stereocenters. The molecule has 144 valence electrons. The van der Waals surface area contributed by atoms with Crippen molar-refractivity contribution in [2.75, 3.05) is 18.8 Å². The highest BCUT2D eigenvalue weighted by Gasteiger charge is 2.32. The second-order valence-corrected chi connectivity index (χ2v) is 8.52. The molecule has 27 heavy (non-hydrogen) atoms. The quantitative estimate of drug-likeness (QED) is 0.677. The van der Waals surface area contributed by atoms with Crippen LogP contribution in [0.3, 0.4) is 0 Å². The Kier molecular flexibility index (Phi) is 6.79. The Labute approximate surface area is 169 Å². The highest BCUT2D eigenvalue weighted by atomic mass is 35.5. The largest absolute Gasteiger partial charge is 0.325 e. The molecule has 0 radical (unpaired) electrons. The van der Waals surface area contributed by atoms with Crippen molar-refractivity contribution >= 4 is 29.3 Å². The Bertz CT molecular complexity index is 801. The molecule has 0 N–H and O–H groups in total. The zero-order chi connectivity index (χ0) is 19.4. The molecule has 3 rings (SSSR count). The molecule has 0 bridgehead atoms. The molecule has 1 atom stereocenters. The van der Waals surface area contributed by atoms with E-state index in [0.717, 1.165) is 11.3 Å². The average molecular weight is 407 g/mol. The summed E-state index contributed by atoms with van der Waals surface area (Å²) in [6.45, 7) is 5.42. The summed E-state index contributed by atoms with van der Waals surface area (Å²) in [5.74, 6) is 0.701. The Morgan fingerprint density at radius 1 is 1.26 bits per heavy atom. The normalized spacial score (nSPS) is 17.1. The van der Waals surface area contributed by atoms with E-state index in [1.54, 1.807) is 23.9 Å². The molecule has 0 aliphatic carbocycles. The summed E-state index contributed by atoms with van der Waals surface area (Å²) >= 11 is 8.08. The first kappa shape index (κ1) is 20.2. The predicted molar refractivity (Wildman–Crippen MR) is 110 cm³/mol. The van der Waals surface area contributed by atoms with Gasteiger partial charge in [0.1, 0.15) is 11.2 Å². The Balaban J connectivity index is 1.73. The zero-order valence-corrected chi connectivity index (χ0v) is 17.1. The maximum atomic E-state index is 14.0. The minimum absolute atomic E-state index is 0.0509. The molecule has 1 amide bonds. The van der Waals surface area contributed by atoms with Gasteiger partial charge in [0.05, 0.1) is 6.54 Å². The number of nitrogens with zero attached hydrogens (tertiary/aromatic N) is 2. The van der Waals surface area contributed by atoms with Crippen LogP contribution in [-0.2, 0) is 11.3 Å². The second kappa shape index (κ2) is 9.09. The summed E-state index contributed by atoms with van der Waals surface area (Å²) in [7, 11) is 0.